The molecule has 0 saturated carbocycles. The Morgan fingerprint density at radius 3 is 2.58 bits per heavy atom. The maximum absolute atomic E-state index is 5.52. The molecular weight excluding hydrogens is 242 g/mol. The number of rotatable bonds is 5. The van der Waals surface area contributed by atoms with Crippen molar-refractivity contribution in [3.8, 4) is 0 Å². The zero-order valence-electron chi connectivity index (χ0n) is 11.4. The molecule has 0 aromatic carbocycles. The number of hydrazine groups is 1. The molecule has 0 atom stereocenters. The third-order valence-electron chi connectivity index (χ3n) is 2.82. The molecule has 0 unspecified atom stereocenters. The number of nitrogens with zero attached hydrogens (tertiary/aromatic N) is 2. The molecule has 4 N–H and O–H groups in total. The minimum Gasteiger partial charge on any atom is -0.465 e. The van der Waals surface area contributed by atoms with Gasteiger partial charge in [-0.1, -0.05) is 13.8 Å². The van der Waals surface area contributed by atoms with Gasteiger partial charge in [-0.2, -0.15) is 0 Å². The Labute approximate surface area is 112 Å². The van der Waals surface area contributed by atoms with E-state index in [1.54, 1.807) is 0 Å². The van der Waals surface area contributed by atoms with Crippen molar-refractivity contribution in [1.29, 1.82) is 0 Å². The fraction of sp³-hybridized carbons (Fsp3) is 0.385. The standard InChI is InChI=1S/C13H19N5O/c1-8(2)11-12(16-7-17-13(11)18-14)15-6-10-5-4-9(3)19-10/h4-5,7-8H,6,14H2,1-3H3,(H2,15,16,17,18). The fourth-order valence-electron chi connectivity index (χ4n) is 1.95. The molecule has 0 aliphatic carbocycles. The van der Waals surface area contributed by atoms with Crippen molar-refractivity contribution in [2.75, 3.05) is 10.7 Å². The molecule has 0 bridgehead atoms. The predicted molar refractivity (Wildman–Crippen MR) is 74.7 cm³/mol. The molecule has 2 rings (SSSR count). The Morgan fingerprint density at radius 1 is 1.26 bits per heavy atom. The minimum absolute atomic E-state index is 0.257. The zero-order chi connectivity index (χ0) is 13.8. The van der Waals surface area contributed by atoms with Gasteiger partial charge in [-0.3, -0.25) is 0 Å². The molecule has 0 aliphatic rings. The van der Waals surface area contributed by atoms with Gasteiger partial charge in [0.15, 0.2) is 0 Å². The first-order chi connectivity index (χ1) is 9.11. The van der Waals surface area contributed by atoms with Crippen molar-refractivity contribution in [3.05, 3.63) is 35.5 Å². The van der Waals surface area contributed by atoms with Crippen LogP contribution in [0, 0.1) is 6.92 Å². The summed E-state index contributed by atoms with van der Waals surface area (Å²) in [5.74, 6) is 8.92. The molecule has 19 heavy (non-hydrogen) atoms. The Bertz CT molecular complexity index is 550. The van der Waals surface area contributed by atoms with Gasteiger partial charge in [0.1, 0.15) is 29.5 Å². The van der Waals surface area contributed by atoms with Gasteiger partial charge in [0.05, 0.1) is 6.54 Å². The van der Waals surface area contributed by atoms with E-state index in [0.717, 1.165) is 22.9 Å². The van der Waals surface area contributed by atoms with E-state index in [0.29, 0.717) is 12.4 Å². The number of furan rings is 1. The van der Waals surface area contributed by atoms with Gasteiger partial charge in [-0.05, 0) is 25.0 Å². The van der Waals surface area contributed by atoms with Gasteiger partial charge in [0, 0.05) is 5.56 Å². The average Bonchev–Trinajstić information content (AvgIpc) is 2.81. The van der Waals surface area contributed by atoms with Gasteiger partial charge in [0.25, 0.3) is 0 Å². The molecule has 102 valence electrons. The summed E-state index contributed by atoms with van der Waals surface area (Å²) in [5.41, 5.74) is 3.57. The van der Waals surface area contributed by atoms with Crippen LogP contribution in [0.2, 0.25) is 0 Å². The van der Waals surface area contributed by atoms with Crippen LogP contribution in [0.25, 0.3) is 0 Å². The lowest BCUT2D eigenvalue weighted by Gasteiger charge is -2.15. The highest BCUT2D eigenvalue weighted by Gasteiger charge is 2.14. The fourth-order valence-corrected chi connectivity index (χ4v) is 1.95. The van der Waals surface area contributed by atoms with Crippen LogP contribution in [0.1, 0.15) is 36.8 Å². The number of hydrogen-bond acceptors (Lipinski definition) is 6. The minimum atomic E-state index is 0.257. The smallest absolute Gasteiger partial charge is 0.148 e. The Morgan fingerprint density at radius 2 is 2.00 bits per heavy atom. The maximum Gasteiger partial charge on any atom is 0.148 e. The van der Waals surface area contributed by atoms with Crippen molar-refractivity contribution < 1.29 is 4.42 Å². The van der Waals surface area contributed by atoms with Crippen LogP contribution in [0.5, 0.6) is 0 Å². The molecule has 0 radical (unpaired) electrons. The van der Waals surface area contributed by atoms with Gasteiger partial charge in [-0.25, -0.2) is 15.8 Å². The predicted octanol–water partition coefficient (Wildman–Crippen LogP) is 2.40. The molecule has 0 spiro atoms. The van der Waals surface area contributed by atoms with Crippen LogP contribution in [-0.4, -0.2) is 9.97 Å². The number of aryl methyl sites for hydroxylation is 1. The summed E-state index contributed by atoms with van der Waals surface area (Å²) in [5, 5.41) is 3.26. The second kappa shape index (κ2) is 5.71. The van der Waals surface area contributed by atoms with E-state index in [2.05, 4.69) is 34.6 Å². The average molecular weight is 261 g/mol. The summed E-state index contributed by atoms with van der Waals surface area (Å²) in [6.45, 7) is 6.64. The number of nitrogen functional groups attached to an aromatic ring is 1. The SMILES string of the molecule is Cc1ccc(CNc2ncnc(NN)c2C(C)C)o1. The Kier molecular flexibility index (Phi) is 4.01. The van der Waals surface area contributed by atoms with E-state index in [4.69, 9.17) is 10.3 Å². The largest absolute Gasteiger partial charge is 0.465 e. The van der Waals surface area contributed by atoms with Gasteiger partial charge >= 0.3 is 0 Å². The summed E-state index contributed by atoms with van der Waals surface area (Å²) < 4.78 is 5.52. The van der Waals surface area contributed by atoms with Gasteiger partial charge in [-0.15, -0.1) is 0 Å². The van der Waals surface area contributed by atoms with Crippen LogP contribution in [-0.2, 0) is 6.54 Å². The molecule has 0 aliphatic heterocycles. The first-order valence-electron chi connectivity index (χ1n) is 6.22. The highest BCUT2D eigenvalue weighted by atomic mass is 16.3. The molecule has 0 amide bonds. The van der Waals surface area contributed by atoms with Crippen LogP contribution in [0.4, 0.5) is 11.6 Å². The summed E-state index contributed by atoms with van der Waals surface area (Å²) in [6, 6.07) is 3.88. The lowest BCUT2D eigenvalue weighted by molar-refractivity contribution is 0.490. The van der Waals surface area contributed by atoms with Crippen LogP contribution >= 0.6 is 0 Å². The number of hydrogen-bond donors (Lipinski definition) is 3. The Balaban J connectivity index is 2.19. The quantitative estimate of drug-likeness (QED) is 0.565. The van der Waals surface area contributed by atoms with Crippen molar-refractivity contribution in [1.82, 2.24) is 9.97 Å². The third-order valence-corrected chi connectivity index (χ3v) is 2.82. The molecule has 2 heterocycles. The number of aromatic nitrogens is 2. The van der Waals surface area contributed by atoms with Crippen molar-refractivity contribution >= 4 is 11.6 Å². The summed E-state index contributed by atoms with van der Waals surface area (Å²) in [4.78, 5) is 8.40. The lowest BCUT2D eigenvalue weighted by Crippen LogP contribution is -2.15. The molecule has 2 aromatic rings. The van der Waals surface area contributed by atoms with E-state index in [-0.39, 0.29) is 5.92 Å². The summed E-state index contributed by atoms with van der Waals surface area (Å²) >= 11 is 0. The molecule has 0 saturated heterocycles. The van der Waals surface area contributed by atoms with Crippen LogP contribution < -0.4 is 16.6 Å². The molecule has 6 heteroatoms. The first-order valence-corrected chi connectivity index (χ1v) is 6.22. The molecule has 6 nitrogen and oxygen atoms in total. The number of anilines is 2. The lowest BCUT2D eigenvalue weighted by atomic mass is 10.0. The monoisotopic (exact) mass is 261 g/mol. The zero-order valence-corrected chi connectivity index (χ0v) is 11.4. The van der Waals surface area contributed by atoms with Crippen molar-refractivity contribution in [3.63, 3.8) is 0 Å². The van der Waals surface area contributed by atoms with E-state index in [1.165, 1.54) is 6.33 Å². The highest BCUT2D eigenvalue weighted by molar-refractivity contribution is 5.58. The summed E-state index contributed by atoms with van der Waals surface area (Å²) in [6.07, 6.45) is 1.48. The van der Waals surface area contributed by atoms with Crippen molar-refractivity contribution in [2.24, 2.45) is 5.84 Å². The maximum atomic E-state index is 5.52. The van der Waals surface area contributed by atoms with E-state index in [9.17, 15) is 0 Å². The first kappa shape index (κ1) is 13.4. The third kappa shape index (κ3) is 3.03. The van der Waals surface area contributed by atoms with Crippen LogP contribution in [0.3, 0.4) is 0 Å². The van der Waals surface area contributed by atoms with Crippen LogP contribution in [0.15, 0.2) is 22.9 Å². The van der Waals surface area contributed by atoms with Gasteiger partial charge in [0.2, 0.25) is 0 Å². The van der Waals surface area contributed by atoms with Crippen molar-refractivity contribution in [2.45, 2.75) is 33.2 Å². The normalized spacial score (nSPS) is 10.8. The topological polar surface area (TPSA) is 89.0 Å². The van der Waals surface area contributed by atoms with E-state index >= 15 is 0 Å². The summed E-state index contributed by atoms with van der Waals surface area (Å²) in [7, 11) is 0. The molecular formula is C13H19N5O. The van der Waals surface area contributed by atoms with E-state index in [1.807, 2.05) is 19.1 Å². The second-order valence-electron chi connectivity index (χ2n) is 4.65. The van der Waals surface area contributed by atoms with E-state index < -0.39 is 0 Å². The number of nitrogens with one attached hydrogen (secondary N) is 2. The molecule has 0 fully saturated rings. The Hall–Kier alpha value is -2.08. The number of nitrogens with two attached hydrogens (primary N) is 1. The highest BCUT2D eigenvalue weighted by Crippen LogP contribution is 2.28. The van der Waals surface area contributed by atoms with Gasteiger partial charge < -0.3 is 15.2 Å². The molecule has 2 aromatic heterocycles. The second-order valence-corrected chi connectivity index (χ2v) is 4.65.